The van der Waals surface area contributed by atoms with Gasteiger partial charge >= 0.3 is 0 Å². The number of rotatable bonds is 5. The lowest BCUT2D eigenvalue weighted by Crippen LogP contribution is -2.14. The number of carbonyl (C=O) groups is 1. The molecule has 0 heterocycles. The van der Waals surface area contributed by atoms with Crippen molar-refractivity contribution in [2.75, 3.05) is 11.9 Å². The van der Waals surface area contributed by atoms with E-state index >= 15 is 0 Å². The molecule has 2 N–H and O–H groups in total. The molecule has 2 rings (SSSR count). The highest BCUT2D eigenvalue weighted by molar-refractivity contribution is 9.10. The lowest BCUT2D eigenvalue weighted by Gasteiger charge is -2.10. The van der Waals surface area contributed by atoms with Crippen LogP contribution in [0.2, 0.25) is 0 Å². The minimum Gasteiger partial charge on any atom is -0.322 e. The molecular weight excluding hydrogens is 328 g/mol. The Morgan fingerprint density at radius 3 is 2.71 bits per heavy atom. The van der Waals surface area contributed by atoms with Gasteiger partial charge in [0.15, 0.2) is 0 Å². The number of nitrogens with one attached hydrogen (secondary N) is 2. The third-order valence-electron chi connectivity index (χ3n) is 3.20. The van der Waals surface area contributed by atoms with E-state index < -0.39 is 0 Å². The first-order chi connectivity index (χ1) is 10.1. The summed E-state index contributed by atoms with van der Waals surface area (Å²) >= 11 is 3.47. The second kappa shape index (κ2) is 7.38. The SMILES string of the molecule is CCNCc1cccc(NC(=O)c2cccc(C)c2Br)c1. The van der Waals surface area contributed by atoms with Crippen molar-refractivity contribution in [1.82, 2.24) is 5.32 Å². The molecule has 1 amide bonds. The largest absolute Gasteiger partial charge is 0.322 e. The highest BCUT2D eigenvalue weighted by atomic mass is 79.9. The number of amides is 1. The van der Waals surface area contributed by atoms with Crippen LogP contribution in [0.3, 0.4) is 0 Å². The van der Waals surface area contributed by atoms with Crippen LogP contribution < -0.4 is 10.6 Å². The Hall–Kier alpha value is -1.65. The van der Waals surface area contributed by atoms with Crippen LogP contribution in [-0.4, -0.2) is 12.5 Å². The molecule has 0 aliphatic carbocycles. The maximum absolute atomic E-state index is 12.4. The van der Waals surface area contributed by atoms with Crippen LogP contribution in [0.15, 0.2) is 46.9 Å². The number of hydrogen-bond donors (Lipinski definition) is 2. The molecule has 0 bridgehead atoms. The Kier molecular flexibility index (Phi) is 5.53. The normalized spacial score (nSPS) is 10.4. The maximum Gasteiger partial charge on any atom is 0.256 e. The number of benzene rings is 2. The molecule has 21 heavy (non-hydrogen) atoms. The predicted octanol–water partition coefficient (Wildman–Crippen LogP) is 4.12. The van der Waals surface area contributed by atoms with Crippen LogP contribution in [0, 0.1) is 6.92 Å². The second-order valence-corrected chi connectivity index (χ2v) is 5.66. The van der Waals surface area contributed by atoms with Crippen molar-refractivity contribution in [3.63, 3.8) is 0 Å². The lowest BCUT2D eigenvalue weighted by molar-refractivity contribution is 0.102. The molecule has 3 nitrogen and oxygen atoms in total. The second-order valence-electron chi connectivity index (χ2n) is 4.87. The van der Waals surface area contributed by atoms with Crippen molar-refractivity contribution in [2.45, 2.75) is 20.4 Å². The zero-order valence-electron chi connectivity index (χ0n) is 12.2. The van der Waals surface area contributed by atoms with Crippen LogP contribution in [-0.2, 0) is 6.54 Å². The Labute approximate surface area is 133 Å². The van der Waals surface area contributed by atoms with E-state index in [2.05, 4.69) is 33.5 Å². The van der Waals surface area contributed by atoms with Crippen molar-refractivity contribution in [2.24, 2.45) is 0 Å². The van der Waals surface area contributed by atoms with Gasteiger partial charge in [-0.25, -0.2) is 0 Å². The van der Waals surface area contributed by atoms with Gasteiger partial charge in [-0.05, 0) is 58.7 Å². The number of halogens is 1. The van der Waals surface area contributed by atoms with Crippen molar-refractivity contribution in [3.8, 4) is 0 Å². The van der Waals surface area contributed by atoms with Gasteiger partial charge in [-0.2, -0.15) is 0 Å². The Balaban J connectivity index is 2.14. The van der Waals surface area contributed by atoms with Crippen molar-refractivity contribution in [1.29, 1.82) is 0 Å². The van der Waals surface area contributed by atoms with E-state index in [-0.39, 0.29) is 5.91 Å². The van der Waals surface area contributed by atoms with Crippen molar-refractivity contribution in [3.05, 3.63) is 63.6 Å². The summed E-state index contributed by atoms with van der Waals surface area (Å²) in [4.78, 5) is 12.4. The minimum absolute atomic E-state index is 0.105. The smallest absolute Gasteiger partial charge is 0.256 e. The number of carbonyl (C=O) groups excluding carboxylic acids is 1. The number of anilines is 1. The molecule has 110 valence electrons. The van der Waals surface area contributed by atoms with E-state index in [4.69, 9.17) is 0 Å². The third kappa shape index (κ3) is 4.16. The molecule has 0 aliphatic heterocycles. The van der Waals surface area contributed by atoms with Crippen LogP contribution in [0.5, 0.6) is 0 Å². The zero-order valence-corrected chi connectivity index (χ0v) is 13.8. The molecule has 2 aromatic rings. The lowest BCUT2D eigenvalue weighted by atomic mass is 10.1. The van der Waals surface area contributed by atoms with Gasteiger partial charge < -0.3 is 10.6 Å². The van der Waals surface area contributed by atoms with E-state index in [1.165, 1.54) is 0 Å². The fraction of sp³-hybridized carbons (Fsp3) is 0.235. The van der Waals surface area contributed by atoms with Gasteiger partial charge in [0.2, 0.25) is 0 Å². The van der Waals surface area contributed by atoms with Gasteiger partial charge in [0.1, 0.15) is 0 Å². The molecule has 0 aliphatic rings. The average molecular weight is 347 g/mol. The van der Waals surface area contributed by atoms with E-state index in [1.807, 2.05) is 49.4 Å². The van der Waals surface area contributed by atoms with E-state index in [9.17, 15) is 4.79 Å². The molecule has 0 unspecified atom stereocenters. The van der Waals surface area contributed by atoms with Crippen molar-refractivity contribution < 1.29 is 4.79 Å². The summed E-state index contributed by atoms with van der Waals surface area (Å²) in [5.41, 5.74) is 3.65. The molecule has 0 saturated heterocycles. The highest BCUT2D eigenvalue weighted by Crippen LogP contribution is 2.22. The predicted molar refractivity (Wildman–Crippen MR) is 90.7 cm³/mol. The van der Waals surface area contributed by atoms with Crippen LogP contribution in [0.25, 0.3) is 0 Å². The van der Waals surface area contributed by atoms with Gasteiger partial charge in [0, 0.05) is 16.7 Å². The zero-order chi connectivity index (χ0) is 15.2. The van der Waals surface area contributed by atoms with Crippen LogP contribution in [0.4, 0.5) is 5.69 Å². The first kappa shape index (κ1) is 15.7. The monoisotopic (exact) mass is 346 g/mol. The van der Waals surface area contributed by atoms with Gasteiger partial charge in [-0.15, -0.1) is 0 Å². The molecule has 0 atom stereocenters. The summed E-state index contributed by atoms with van der Waals surface area (Å²) in [5, 5.41) is 6.22. The minimum atomic E-state index is -0.105. The summed E-state index contributed by atoms with van der Waals surface area (Å²) in [7, 11) is 0. The molecule has 0 fully saturated rings. The van der Waals surface area contributed by atoms with Crippen LogP contribution in [0.1, 0.15) is 28.4 Å². The molecule has 4 heteroatoms. The maximum atomic E-state index is 12.4. The highest BCUT2D eigenvalue weighted by Gasteiger charge is 2.11. The Morgan fingerprint density at radius 1 is 1.19 bits per heavy atom. The summed E-state index contributed by atoms with van der Waals surface area (Å²) in [6, 6.07) is 13.6. The summed E-state index contributed by atoms with van der Waals surface area (Å²) in [5.74, 6) is -0.105. The fourth-order valence-corrected chi connectivity index (χ4v) is 2.49. The van der Waals surface area contributed by atoms with Crippen LogP contribution >= 0.6 is 15.9 Å². The van der Waals surface area contributed by atoms with Gasteiger partial charge in [-0.1, -0.05) is 31.2 Å². The molecule has 0 saturated carbocycles. The summed E-state index contributed by atoms with van der Waals surface area (Å²) < 4.78 is 0.839. The molecular formula is C17H19BrN2O. The first-order valence-electron chi connectivity index (χ1n) is 6.98. The summed E-state index contributed by atoms with van der Waals surface area (Å²) in [6.45, 7) is 5.76. The molecule has 0 spiro atoms. The quantitative estimate of drug-likeness (QED) is 0.854. The topological polar surface area (TPSA) is 41.1 Å². The van der Waals surface area contributed by atoms with E-state index in [1.54, 1.807) is 0 Å². The third-order valence-corrected chi connectivity index (χ3v) is 4.25. The van der Waals surface area contributed by atoms with Gasteiger partial charge in [0.25, 0.3) is 5.91 Å². The molecule has 0 aromatic heterocycles. The van der Waals surface area contributed by atoms with E-state index in [0.29, 0.717) is 5.56 Å². The molecule has 2 aromatic carbocycles. The standard InChI is InChI=1S/C17H19BrN2O/c1-3-19-11-13-7-5-8-14(10-13)20-17(21)15-9-4-6-12(2)16(15)18/h4-10,19H,3,11H2,1-2H3,(H,20,21). The molecule has 0 radical (unpaired) electrons. The Morgan fingerprint density at radius 2 is 1.95 bits per heavy atom. The van der Waals surface area contributed by atoms with Gasteiger partial charge in [-0.3, -0.25) is 4.79 Å². The summed E-state index contributed by atoms with van der Waals surface area (Å²) in [6.07, 6.45) is 0. The number of hydrogen-bond acceptors (Lipinski definition) is 2. The van der Waals surface area contributed by atoms with Gasteiger partial charge in [0.05, 0.1) is 5.56 Å². The number of aryl methyl sites for hydroxylation is 1. The Bertz CT molecular complexity index is 640. The average Bonchev–Trinajstić information content (AvgIpc) is 2.48. The first-order valence-corrected chi connectivity index (χ1v) is 7.77. The van der Waals surface area contributed by atoms with E-state index in [0.717, 1.165) is 34.4 Å². The van der Waals surface area contributed by atoms with Crippen molar-refractivity contribution >= 4 is 27.5 Å². The fourth-order valence-electron chi connectivity index (χ4n) is 2.05.